The van der Waals surface area contributed by atoms with Crippen LogP contribution in [0.25, 0.3) is 16.8 Å². The number of carbonyl (C=O) groups excluding carboxylic acids is 1. The summed E-state index contributed by atoms with van der Waals surface area (Å²) in [6.45, 7) is 7.20. The molecule has 3 aromatic rings. The first-order valence-corrected chi connectivity index (χ1v) is 8.86. The van der Waals surface area contributed by atoms with E-state index in [-0.39, 0.29) is 33.6 Å². The quantitative estimate of drug-likeness (QED) is 0.483. The molecule has 0 fully saturated rings. The largest absolute Gasteiger partial charge is 0.381 e. The predicted molar refractivity (Wildman–Crippen MR) is 107 cm³/mol. The number of halogens is 4. The van der Waals surface area contributed by atoms with Crippen molar-refractivity contribution in [1.82, 2.24) is 0 Å². The van der Waals surface area contributed by atoms with E-state index in [9.17, 15) is 22.5 Å². The Bertz CT molecular complexity index is 1160. The van der Waals surface area contributed by atoms with E-state index in [0.29, 0.717) is 17.2 Å². The first-order chi connectivity index (χ1) is 14.2. The molecule has 3 rings (SSSR count). The van der Waals surface area contributed by atoms with Crippen molar-refractivity contribution >= 4 is 17.4 Å². The second-order valence-electron chi connectivity index (χ2n) is 6.79. The van der Waals surface area contributed by atoms with Gasteiger partial charge in [0.2, 0.25) is 0 Å². The second kappa shape index (κ2) is 8.41. The van der Waals surface area contributed by atoms with Crippen molar-refractivity contribution in [3.05, 3.63) is 94.8 Å². The normalized spacial score (nSPS) is 10.6. The standard InChI is InChI=1S/C23H17F4NO2/c1-12-8-13(2)22(19(9-12)23(29)30-27)28-14(3)17-6-4-15(10-20(17)25)18-7-5-16(24)11-21(18)26/h4-11,28H,3H2,1-2H3. The molecule has 3 aromatic carbocycles. The summed E-state index contributed by atoms with van der Waals surface area (Å²) in [5, 5.41) is 2.83. The zero-order chi connectivity index (χ0) is 22.0. The molecule has 0 saturated heterocycles. The van der Waals surface area contributed by atoms with Gasteiger partial charge in [-0.05, 0) is 60.9 Å². The number of rotatable bonds is 5. The molecular weight excluding hydrogens is 398 g/mol. The van der Waals surface area contributed by atoms with Crippen LogP contribution in [0.1, 0.15) is 27.0 Å². The summed E-state index contributed by atoms with van der Waals surface area (Å²) in [5.41, 5.74) is 1.88. The minimum absolute atomic E-state index is 0.0442. The second-order valence-corrected chi connectivity index (χ2v) is 6.79. The van der Waals surface area contributed by atoms with Crippen molar-refractivity contribution in [2.24, 2.45) is 0 Å². The van der Waals surface area contributed by atoms with Crippen molar-refractivity contribution in [1.29, 1.82) is 0 Å². The summed E-state index contributed by atoms with van der Waals surface area (Å²) in [6, 6.07) is 10.1. The molecule has 0 atom stereocenters. The summed E-state index contributed by atoms with van der Waals surface area (Å²) in [7, 11) is 0. The van der Waals surface area contributed by atoms with E-state index in [1.807, 2.05) is 0 Å². The molecule has 154 valence electrons. The molecule has 0 heterocycles. The fraction of sp³-hybridized carbons (Fsp3) is 0.0870. The predicted octanol–water partition coefficient (Wildman–Crippen LogP) is 6.51. The molecule has 0 saturated carbocycles. The van der Waals surface area contributed by atoms with Gasteiger partial charge < -0.3 is 5.32 Å². The van der Waals surface area contributed by atoms with Gasteiger partial charge in [0.05, 0.1) is 11.3 Å². The summed E-state index contributed by atoms with van der Waals surface area (Å²) in [4.78, 5) is 15.1. The van der Waals surface area contributed by atoms with E-state index in [0.717, 1.165) is 12.1 Å². The van der Waals surface area contributed by atoms with Crippen LogP contribution in [0.15, 0.2) is 55.1 Å². The van der Waals surface area contributed by atoms with E-state index < -0.39 is 23.4 Å². The van der Waals surface area contributed by atoms with Crippen molar-refractivity contribution in [3.63, 3.8) is 0 Å². The molecule has 0 spiro atoms. The molecule has 3 nitrogen and oxygen atoms in total. The number of aryl methyl sites for hydroxylation is 2. The molecule has 0 radical (unpaired) electrons. The smallest absolute Gasteiger partial charge is 0.355 e. The Labute approximate surface area is 170 Å². The maximum absolute atomic E-state index is 14.7. The fourth-order valence-electron chi connectivity index (χ4n) is 3.21. The highest BCUT2D eigenvalue weighted by Crippen LogP contribution is 2.30. The lowest BCUT2D eigenvalue weighted by atomic mass is 10.0. The van der Waals surface area contributed by atoms with Gasteiger partial charge >= 0.3 is 5.97 Å². The van der Waals surface area contributed by atoms with Crippen molar-refractivity contribution < 1.29 is 27.4 Å². The monoisotopic (exact) mass is 415 g/mol. The van der Waals surface area contributed by atoms with Crippen LogP contribution in [0.3, 0.4) is 0 Å². The van der Waals surface area contributed by atoms with Gasteiger partial charge in [0.25, 0.3) is 0 Å². The Morgan fingerprint density at radius 3 is 2.30 bits per heavy atom. The Morgan fingerprint density at radius 2 is 1.67 bits per heavy atom. The summed E-state index contributed by atoms with van der Waals surface area (Å²) in [6.07, 6.45) is 0. The number of carbonyl (C=O) groups is 1. The number of nitrogens with one attached hydrogen (secondary N) is 1. The van der Waals surface area contributed by atoms with Crippen LogP contribution in [0.2, 0.25) is 0 Å². The van der Waals surface area contributed by atoms with E-state index in [1.54, 1.807) is 19.9 Å². The van der Waals surface area contributed by atoms with Gasteiger partial charge in [0, 0.05) is 27.4 Å². The van der Waals surface area contributed by atoms with Crippen LogP contribution in [-0.2, 0) is 4.94 Å². The van der Waals surface area contributed by atoms with Gasteiger partial charge in [0.15, 0.2) is 0 Å². The summed E-state index contributed by atoms with van der Waals surface area (Å²) < 4.78 is 54.3. The third kappa shape index (κ3) is 4.20. The molecule has 1 N–H and O–H groups in total. The summed E-state index contributed by atoms with van der Waals surface area (Å²) >= 11 is 0. The number of hydrogen-bond donors (Lipinski definition) is 1. The molecular formula is C23H17F4NO2. The number of hydrogen-bond acceptors (Lipinski definition) is 3. The first-order valence-electron chi connectivity index (χ1n) is 8.86. The molecule has 0 unspecified atom stereocenters. The minimum atomic E-state index is -1.19. The summed E-state index contributed by atoms with van der Waals surface area (Å²) in [5.74, 6) is -3.46. The lowest BCUT2D eigenvalue weighted by Gasteiger charge is -2.17. The van der Waals surface area contributed by atoms with Crippen molar-refractivity contribution in [3.8, 4) is 11.1 Å². The van der Waals surface area contributed by atoms with E-state index in [2.05, 4.69) is 16.8 Å². The topological polar surface area (TPSA) is 38.3 Å². The Kier molecular flexibility index (Phi) is 5.91. The molecule has 0 aromatic heterocycles. The van der Waals surface area contributed by atoms with Crippen LogP contribution in [0.5, 0.6) is 0 Å². The zero-order valence-electron chi connectivity index (χ0n) is 16.2. The third-order valence-electron chi connectivity index (χ3n) is 4.58. The minimum Gasteiger partial charge on any atom is -0.355 e. The Morgan fingerprint density at radius 1 is 0.933 bits per heavy atom. The van der Waals surface area contributed by atoms with Crippen LogP contribution in [0, 0.1) is 31.3 Å². The Hall–Kier alpha value is -3.61. The van der Waals surface area contributed by atoms with Gasteiger partial charge in [-0.2, -0.15) is 0 Å². The SMILES string of the molecule is C=C(Nc1c(C)cc(C)cc1C(=O)OF)c1ccc(-c2ccc(F)cc2F)cc1F. The van der Waals surface area contributed by atoms with Gasteiger partial charge in [-0.1, -0.05) is 18.7 Å². The molecule has 30 heavy (non-hydrogen) atoms. The highest BCUT2D eigenvalue weighted by atomic mass is 19.3. The van der Waals surface area contributed by atoms with Crippen molar-refractivity contribution in [2.75, 3.05) is 5.32 Å². The van der Waals surface area contributed by atoms with E-state index >= 15 is 0 Å². The maximum atomic E-state index is 14.7. The van der Waals surface area contributed by atoms with Gasteiger partial charge in [-0.15, -0.1) is 0 Å². The number of benzene rings is 3. The van der Waals surface area contributed by atoms with E-state index in [1.165, 1.54) is 24.3 Å². The lowest BCUT2D eigenvalue weighted by molar-refractivity contribution is -0.0787. The zero-order valence-corrected chi connectivity index (χ0v) is 16.2. The first kappa shape index (κ1) is 21.1. The Balaban J connectivity index is 1.95. The van der Waals surface area contributed by atoms with Crippen LogP contribution >= 0.6 is 0 Å². The molecule has 0 aliphatic carbocycles. The van der Waals surface area contributed by atoms with Gasteiger partial charge in [0.1, 0.15) is 17.5 Å². The molecule has 0 aliphatic rings. The van der Waals surface area contributed by atoms with Gasteiger partial charge in [-0.3, -0.25) is 0 Å². The lowest BCUT2D eigenvalue weighted by Crippen LogP contribution is -2.09. The van der Waals surface area contributed by atoms with Crippen LogP contribution < -0.4 is 5.32 Å². The molecule has 0 amide bonds. The molecule has 0 bridgehead atoms. The highest BCUT2D eigenvalue weighted by Gasteiger charge is 2.19. The van der Waals surface area contributed by atoms with E-state index in [4.69, 9.17) is 0 Å². The van der Waals surface area contributed by atoms with Crippen molar-refractivity contribution in [2.45, 2.75) is 13.8 Å². The average molecular weight is 415 g/mol. The third-order valence-corrected chi connectivity index (χ3v) is 4.58. The fourth-order valence-corrected chi connectivity index (χ4v) is 3.21. The maximum Gasteiger partial charge on any atom is 0.381 e. The van der Waals surface area contributed by atoms with Crippen LogP contribution in [-0.4, -0.2) is 5.97 Å². The highest BCUT2D eigenvalue weighted by molar-refractivity contribution is 5.98. The van der Waals surface area contributed by atoms with Gasteiger partial charge in [-0.25, -0.2) is 22.9 Å². The number of anilines is 1. The molecule has 7 heteroatoms. The molecule has 0 aliphatic heterocycles. The van der Waals surface area contributed by atoms with Crippen LogP contribution in [0.4, 0.5) is 23.4 Å². The average Bonchev–Trinajstić information content (AvgIpc) is 2.69.